The Kier molecular flexibility index (Phi) is 6.97. The van der Waals surface area contributed by atoms with Gasteiger partial charge in [-0.25, -0.2) is 9.37 Å². The van der Waals surface area contributed by atoms with Crippen molar-refractivity contribution < 1.29 is 13.9 Å². The molecule has 1 unspecified atom stereocenters. The van der Waals surface area contributed by atoms with Gasteiger partial charge in [-0.2, -0.15) is 5.10 Å². The van der Waals surface area contributed by atoms with Crippen LogP contribution in [0.4, 0.5) is 4.39 Å². The van der Waals surface area contributed by atoms with Crippen LogP contribution >= 0.6 is 11.6 Å². The first kappa shape index (κ1) is 20.5. The fourth-order valence-corrected chi connectivity index (χ4v) is 2.80. The van der Waals surface area contributed by atoms with E-state index in [-0.39, 0.29) is 17.0 Å². The van der Waals surface area contributed by atoms with Crippen LogP contribution < -0.4 is 10.1 Å². The molecule has 0 radical (unpaired) electrons. The monoisotopic (exact) mass is 414 g/mol. The molecule has 0 aliphatic carbocycles. The van der Waals surface area contributed by atoms with Crippen LogP contribution in [0.25, 0.3) is 6.08 Å². The number of amides is 1. The van der Waals surface area contributed by atoms with Gasteiger partial charge in [-0.05, 0) is 43.7 Å². The van der Waals surface area contributed by atoms with Gasteiger partial charge in [0.2, 0.25) is 5.91 Å². The predicted octanol–water partition coefficient (Wildman–Crippen LogP) is 4.47. The third-order valence-electron chi connectivity index (χ3n) is 4.09. The second-order valence-electron chi connectivity index (χ2n) is 6.40. The van der Waals surface area contributed by atoms with Gasteiger partial charge in [0.15, 0.2) is 0 Å². The van der Waals surface area contributed by atoms with Gasteiger partial charge in [0.1, 0.15) is 30.0 Å². The van der Waals surface area contributed by atoms with E-state index in [9.17, 15) is 9.18 Å². The number of aryl methyl sites for hydroxylation is 1. The Bertz CT molecular complexity index is 992. The van der Waals surface area contributed by atoms with Crippen molar-refractivity contribution in [2.45, 2.75) is 25.9 Å². The van der Waals surface area contributed by atoms with Crippen LogP contribution in [0.15, 0.2) is 61.2 Å². The molecule has 29 heavy (non-hydrogen) atoms. The fourth-order valence-electron chi connectivity index (χ4n) is 2.59. The average Bonchev–Trinajstić information content (AvgIpc) is 3.21. The topological polar surface area (TPSA) is 69.0 Å². The Morgan fingerprint density at radius 3 is 2.90 bits per heavy atom. The minimum absolute atomic E-state index is 0.0270. The molecule has 8 heteroatoms. The maximum atomic E-state index is 13.2. The molecule has 0 fully saturated rings. The number of carbonyl (C=O) groups excluding carboxylic acids is 1. The van der Waals surface area contributed by atoms with E-state index in [1.54, 1.807) is 29.2 Å². The maximum Gasteiger partial charge on any atom is 0.244 e. The molecule has 3 aromatic rings. The highest BCUT2D eigenvalue weighted by atomic mass is 35.5. The summed E-state index contributed by atoms with van der Waals surface area (Å²) in [7, 11) is 0. The number of halogens is 2. The summed E-state index contributed by atoms with van der Waals surface area (Å²) < 4.78 is 20.7. The molecule has 0 spiro atoms. The quantitative estimate of drug-likeness (QED) is 0.552. The van der Waals surface area contributed by atoms with E-state index < -0.39 is 5.82 Å². The van der Waals surface area contributed by atoms with Crippen LogP contribution in [0.1, 0.15) is 18.9 Å². The molecule has 1 amide bonds. The van der Waals surface area contributed by atoms with Gasteiger partial charge in [0, 0.05) is 24.2 Å². The third-order valence-corrected chi connectivity index (χ3v) is 4.39. The number of hydrogen-bond acceptors (Lipinski definition) is 4. The van der Waals surface area contributed by atoms with E-state index in [1.807, 2.05) is 19.1 Å². The van der Waals surface area contributed by atoms with Crippen molar-refractivity contribution in [3.05, 3.63) is 77.6 Å². The van der Waals surface area contributed by atoms with Crippen LogP contribution in [0.2, 0.25) is 5.02 Å². The number of ether oxygens (including phenoxy) is 1. The van der Waals surface area contributed by atoms with Gasteiger partial charge in [-0.15, -0.1) is 0 Å². The molecular formula is C21H20ClFN4O2. The lowest BCUT2D eigenvalue weighted by molar-refractivity contribution is -0.117. The van der Waals surface area contributed by atoms with Gasteiger partial charge in [-0.3, -0.25) is 9.48 Å². The van der Waals surface area contributed by atoms with Crippen LogP contribution in [0, 0.1) is 5.82 Å². The van der Waals surface area contributed by atoms with Crippen molar-refractivity contribution in [1.82, 2.24) is 20.1 Å². The van der Waals surface area contributed by atoms with Crippen molar-refractivity contribution in [3.63, 3.8) is 0 Å². The van der Waals surface area contributed by atoms with Crippen molar-refractivity contribution in [3.8, 4) is 11.5 Å². The van der Waals surface area contributed by atoms with Crippen molar-refractivity contribution in [2.75, 3.05) is 0 Å². The summed E-state index contributed by atoms with van der Waals surface area (Å²) in [5, 5.41) is 7.11. The molecule has 1 N–H and O–H groups in total. The highest BCUT2D eigenvalue weighted by Gasteiger charge is 2.08. The number of nitrogens with zero attached hydrogens (tertiary/aromatic N) is 3. The number of nitrogens with one attached hydrogen (secondary N) is 1. The predicted molar refractivity (Wildman–Crippen MR) is 109 cm³/mol. The van der Waals surface area contributed by atoms with Crippen molar-refractivity contribution >= 4 is 23.6 Å². The largest absolute Gasteiger partial charge is 0.455 e. The van der Waals surface area contributed by atoms with Gasteiger partial charge in [-0.1, -0.05) is 29.8 Å². The zero-order valence-electron chi connectivity index (χ0n) is 15.8. The van der Waals surface area contributed by atoms with Gasteiger partial charge < -0.3 is 10.1 Å². The smallest absolute Gasteiger partial charge is 0.244 e. The molecule has 3 rings (SSSR count). The summed E-state index contributed by atoms with van der Waals surface area (Å²) in [6.07, 6.45) is 6.95. The molecule has 0 saturated heterocycles. The van der Waals surface area contributed by atoms with Gasteiger partial charge >= 0.3 is 0 Å². The fraction of sp³-hybridized carbons (Fsp3) is 0.190. The van der Waals surface area contributed by atoms with Crippen LogP contribution in [0.3, 0.4) is 0 Å². The lowest BCUT2D eigenvalue weighted by atomic mass is 10.1. The average molecular weight is 415 g/mol. The Balaban J connectivity index is 1.60. The zero-order chi connectivity index (χ0) is 20.6. The molecule has 2 aromatic carbocycles. The summed E-state index contributed by atoms with van der Waals surface area (Å²) in [5.41, 5.74) is 0.693. The molecule has 1 heterocycles. The highest BCUT2D eigenvalue weighted by molar-refractivity contribution is 6.32. The van der Waals surface area contributed by atoms with Crippen LogP contribution in [0.5, 0.6) is 11.5 Å². The Labute approximate surface area is 173 Å². The number of hydrogen-bond donors (Lipinski definition) is 1. The van der Waals surface area contributed by atoms with Crippen molar-refractivity contribution in [2.24, 2.45) is 0 Å². The zero-order valence-corrected chi connectivity index (χ0v) is 16.5. The maximum absolute atomic E-state index is 13.2. The van der Waals surface area contributed by atoms with Crippen LogP contribution in [-0.2, 0) is 11.3 Å². The summed E-state index contributed by atoms with van der Waals surface area (Å²) in [5.74, 6) is 0.181. The standard InChI is InChI=1S/C21H20ClFN4O2/c1-15(10-11-27-14-24-13-25-27)26-21(28)9-6-16-4-2-3-5-19(16)29-20-8-7-17(23)12-18(20)22/h2-9,12-15H,10-11H2,1H3,(H,26,28)/b9-6+. The lowest BCUT2D eigenvalue weighted by Crippen LogP contribution is -2.32. The first-order valence-corrected chi connectivity index (χ1v) is 9.42. The van der Waals surface area contributed by atoms with E-state index >= 15 is 0 Å². The first-order chi connectivity index (χ1) is 14.0. The van der Waals surface area contributed by atoms with Gasteiger partial charge in [0.25, 0.3) is 0 Å². The van der Waals surface area contributed by atoms with E-state index in [0.29, 0.717) is 23.6 Å². The molecule has 6 nitrogen and oxygen atoms in total. The van der Waals surface area contributed by atoms with Crippen LogP contribution in [-0.4, -0.2) is 26.7 Å². The molecule has 0 bridgehead atoms. The molecule has 1 atom stereocenters. The van der Waals surface area contributed by atoms with Crippen molar-refractivity contribution in [1.29, 1.82) is 0 Å². The summed E-state index contributed by atoms with van der Waals surface area (Å²) in [6.45, 7) is 2.59. The third kappa shape index (κ3) is 6.15. The SMILES string of the molecule is CC(CCn1cncn1)NC(=O)/C=C/c1ccccc1Oc1ccc(F)cc1Cl. The van der Waals surface area contributed by atoms with E-state index in [2.05, 4.69) is 15.4 Å². The summed E-state index contributed by atoms with van der Waals surface area (Å²) in [6, 6.07) is 11.1. The lowest BCUT2D eigenvalue weighted by Gasteiger charge is -2.12. The normalized spacial score (nSPS) is 12.1. The first-order valence-electron chi connectivity index (χ1n) is 9.04. The second kappa shape index (κ2) is 9.84. The Morgan fingerprint density at radius 2 is 2.14 bits per heavy atom. The van der Waals surface area contributed by atoms with E-state index in [1.165, 1.54) is 30.6 Å². The minimum atomic E-state index is -0.440. The number of benzene rings is 2. The molecule has 1 aromatic heterocycles. The number of para-hydroxylation sites is 1. The minimum Gasteiger partial charge on any atom is -0.455 e. The van der Waals surface area contributed by atoms with E-state index in [4.69, 9.17) is 16.3 Å². The highest BCUT2D eigenvalue weighted by Crippen LogP contribution is 2.32. The second-order valence-corrected chi connectivity index (χ2v) is 6.81. The van der Waals surface area contributed by atoms with E-state index in [0.717, 1.165) is 6.42 Å². The molecule has 150 valence electrons. The Hall–Kier alpha value is -3.19. The summed E-state index contributed by atoms with van der Waals surface area (Å²) in [4.78, 5) is 16.1. The van der Waals surface area contributed by atoms with Gasteiger partial charge in [0.05, 0.1) is 5.02 Å². The Morgan fingerprint density at radius 1 is 1.31 bits per heavy atom. The number of aromatic nitrogens is 3. The summed E-state index contributed by atoms with van der Waals surface area (Å²) >= 11 is 6.03. The molecule has 0 saturated carbocycles. The number of carbonyl (C=O) groups is 1. The number of rotatable bonds is 8. The molecule has 0 aliphatic rings. The molecular weight excluding hydrogens is 395 g/mol. The molecule has 0 aliphatic heterocycles.